The summed E-state index contributed by atoms with van der Waals surface area (Å²) in [5.74, 6) is 3.41. The highest BCUT2D eigenvalue weighted by Crippen LogP contribution is 2.37. The molecule has 1 aliphatic carbocycles. The van der Waals surface area contributed by atoms with Gasteiger partial charge in [0, 0.05) is 18.7 Å². The molecule has 1 aliphatic rings. The average molecular weight is 546 g/mol. The van der Waals surface area contributed by atoms with Gasteiger partial charge in [-0.15, -0.1) is 12.3 Å². The molecule has 1 aromatic heterocycles. The number of ether oxygens (including phenoxy) is 2. The summed E-state index contributed by atoms with van der Waals surface area (Å²) in [4.78, 5) is 38.5. The molecule has 10 nitrogen and oxygen atoms in total. The number of hydrogen-bond acceptors (Lipinski definition) is 8. The molecule has 38 heavy (non-hydrogen) atoms. The van der Waals surface area contributed by atoms with Crippen molar-refractivity contribution in [1.82, 2.24) is 14.6 Å². The van der Waals surface area contributed by atoms with E-state index < -0.39 is 38.1 Å². The van der Waals surface area contributed by atoms with Gasteiger partial charge in [-0.1, -0.05) is 25.1 Å². The molecule has 2 aromatic rings. The molecule has 4 unspecified atom stereocenters. The van der Waals surface area contributed by atoms with Gasteiger partial charge >= 0.3 is 20.2 Å². The first kappa shape index (κ1) is 29.6. The molecule has 0 saturated heterocycles. The highest BCUT2D eigenvalue weighted by Gasteiger charge is 2.28. The number of nitrogens with one attached hydrogen (secondary N) is 2. The van der Waals surface area contributed by atoms with Gasteiger partial charge in [0.1, 0.15) is 24.1 Å². The third kappa shape index (κ3) is 9.41. The van der Waals surface area contributed by atoms with E-state index >= 15 is 0 Å². The van der Waals surface area contributed by atoms with Crippen LogP contribution >= 0.6 is 8.53 Å². The van der Waals surface area contributed by atoms with Crippen LogP contribution in [0, 0.1) is 18.3 Å². The van der Waals surface area contributed by atoms with Gasteiger partial charge < -0.3 is 18.5 Å². The van der Waals surface area contributed by atoms with Crippen molar-refractivity contribution in [3.8, 4) is 18.1 Å². The first-order chi connectivity index (χ1) is 18.2. The van der Waals surface area contributed by atoms with Crippen molar-refractivity contribution in [3.63, 3.8) is 0 Å². The van der Waals surface area contributed by atoms with E-state index in [0.717, 1.165) is 25.7 Å². The number of carbonyl (C=O) groups is 1. The van der Waals surface area contributed by atoms with Crippen molar-refractivity contribution >= 4 is 14.5 Å². The summed E-state index contributed by atoms with van der Waals surface area (Å²) < 4.78 is 25.0. The fraction of sp³-hybridized carbons (Fsp3) is 0.519. The summed E-state index contributed by atoms with van der Waals surface area (Å²) in [6, 6.07) is 9.66. The Labute approximate surface area is 224 Å². The zero-order valence-corrected chi connectivity index (χ0v) is 22.9. The molecule has 206 valence electrons. The van der Waals surface area contributed by atoms with Gasteiger partial charge in [0.05, 0.1) is 12.7 Å². The number of benzene rings is 1. The second-order valence-electron chi connectivity index (χ2n) is 9.41. The normalized spacial score (nSPS) is 20.5. The molecule has 0 radical (unpaired) electrons. The topological polar surface area (TPSA) is 121 Å². The van der Waals surface area contributed by atoms with E-state index in [-0.39, 0.29) is 25.1 Å². The standard InChI is InChI=1S/C27H36N3O7P/c1-5-9-24(35-21(4)30-17-16-25(31)28-27(30)33)18-34-38(37-23-10-7-6-8-11-23)29-20(3)26(32)36-22-14-12-19(2)13-15-22/h1,6-8,10-11,16-17,19-22,24,29H,9,12-15,18H2,2-4H3,(H,28,31,33). The number of aromatic amines is 1. The number of hydrogen-bond donors (Lipinski definition) is 2. The van der Waals surface area contributed by atoms with E-state index in [9.17, 15) is 14.4 Å². The lowest BCUT2D eigenvalue weighted by molar-refractivity contribution is -0.152. The first-order valence-electron chi connectivity index (χ1n) is 12.8. The fourth-order valence-electron chi connectivity index (χ4n) is 3.98. The molecular formula is C27H36N3O7P. The van der Waals surface area contributed by atoms with Crippen LogP contribution in [-0.4, -0.2) is 40.4 Å². The SMILES string of the molecule is C#CCC(COP(NC(C)C(=O)OC1CCC(C)CC1)Oc1ccccc1)OC(C)n1ccc(=O)[nH]c1=O. The van der Waals surface area contributed by atoms with E-state index in [1.54, 1.807) is 26.0 Å². The molecule has 0 spiro atoms. The van der Waals surface area contributed by atoms with Crippen LogP contribution in [0.4, 0.5) is 0 Å². The number of nitrogens with zero attached hydrogens (tertiary/aromatic N) is 1. The summed E-state index contributed by atoms with van der Waals surface area (Å²) in [6.45, 7) is 5.61. The summed E-state index contributed by atoms with van der Waals surface area (Å²) >= 11 is 0. The monoisotopic (exact) mass is 545 g/mol. The van der Waals surface area contributed by atoms with Crippen LogP contribution in [-0.2, 0) is 18.8 Å². The third-order valence-electron chi connectivity index (χ3n) is 6.19. The van der Waals surface area contributed by atoms with Gasteiger partial charge in [0.15, 0.2) is 0 Å². The highest BCUT2D eigenvalue weighted by molar-refractivity contribution is 7.45. The number of carbonyl (C=O) groups excluding carboxylic acids is 1. The minimum atomic E-state index is -1.79. The van der Waals surface area contributed by atoms with Crippen molar-refractivity contribution in [2.24, 2.45) is 5.92 Å². The van der Waals surface area contributed by atoms with Crippen LogP contribution < -0.4 is 20.9 Å². The molecule has 2 N–H and O–H groups in total. The second-order valence-corrected chi connectivity index (χ2v) is 10.6. The minimum absolute atomic E-state index is 0.0282. The molecule has 11 heteroatoms. The third-order valence-corrected chi connectivity index (χ3v) is 7.54. The zero-order chi connectivity index (χ0) is 27.5. The first-order valence-corrected chi connectivity index (χ1v) is 14.0. The lowest BCUT2D eigenvalue weighted by Gasteiger charge is -2.28. The number of esters is 1. The Morgan fingerprint density at radius 3 is 2.55 bits per heavy atom. The van der Waals surface area contributed by atoms with E-state index in [4.69, 9.17) is 24.9 Å². The van der Waals surface area contributed by atoms with Crippen molar-refractivity contribution in [1.29, 1.82) is 0 Å². The smallest absolute Gasteiger partial charge is 0.330 e. The molecular weight excluding hydrogens is 509 g/mol. The van der Waals surface area contributed by atoms with E-state index in [1.165, 1.54) is 16.8 Å². The number of rotatable bonds is 13. The fourth-order valence-corrected chi connectivity index (χ4v) is 5.19. The maximum atomic E-state index is 12.8. The number of para-hydroxylation sites is 1. The molecule has 0 aliphatic heterocycles. The van der Waals surface area contributed by atoms with Gasteiger partial charge in [-0.2, -0.15) is 0 Å². The maximum absolute atomic E-state index is 12.8. The lowest BCUT2D eigenvalue weighted by atomic mass is 9.89. The van der Waals surface area contributed by atoms with Crippen LogP contribution in [0.3, 0.4) is 0 Å². The minimum Gasteiger partial charge on any atom is -0.461 e. The molecule has 0 bridgehead atoms. The zero-order valence-electron chi connectivity index (χ0n) is 22.0. The lowest BCUT2D eigenvalue weighted by Crippen LogP contribution is -2.37. The Hall–Kier alpha value is -2.96. The van der Waals surface area contributed by atoms with Gasteiger partial charge in [-0.05, 0) is 57.6 Å². The van der Waals surface area contributed by atoms with E-state index in [2.05, 4.69) is 22.9 Å². The average Bonchev–Trinajstić information content (AvgIpc) is 2.89. The van der Waals surface area contributed by atoms with Gasteiger partial charge in [0.2, 0.25) is 0 Å². The largest absolute Gasteiger partial charge is 0.461 e. The quantitative estimate of drug-likeness (QED) is 0.221. The molecule has 1 fully saturated rings. The second kappa shape index (κ2) is 14.8. The molecule has 0 amide bonds. The van der Waals surface area contributed by atoms with Crippen LogP contribution in [0.5, 0.6) is 5.75 Å². The van der Waals surface area contributed by atoms with Crippen LogP contribution in [0.1, 0.15) is 59.1 Å². The Bertz CT molecular complexity index is 1170. The van der Waals surface area contributed by atoms with Crippen LogP contribution in [0.15, 0.2) is 52.2 Å². The Kier molecular flexibility index (Phi) is 11.6. The van der Waals surface area contributed by atoms with E-state index in [0.29, 0.717) is 11.7 Å². The van der Waals surface area contributed by atoms with Crippen molar-refractivity contribution in [3.05, 3.63) is 63.4 Å². The molecule has 1 aromatic carbocycles. The Morgan fingerprint density at radius 2 is 1.89 bits per heavy atom. The van der Waals surface area contributed by atoms with Crippen molar-refractivity contribution in [2.75, 3.05) is 6.61 Å². The maximum Gasteiger partial charge on any atom is 0.330 e. The van der Waals surface area contributed by atoms with Gasteiger partial charge in [0.25, 0.3) is 5.56 Å². The van der Waals surface area contributed by atoms with Gasteiger partial charge in [-0.25, -0.2) is 9.88 Å². The predicted octanol–water partition coefficient (Wildman–Crippen LogP) is 3.89. The Morgan fingerprint density at radius 1 is 1.18 bits per heavy atom. The molecule has 4 atom stereocenters. The van der Waals surface area contributed by atoms with Crippen LogP contribution in [0.25, 0.3) is 0 Å². The molecule has 1 heterocycles. The Balaban J connectivity index is 1.63. The van der Waals surface area contributed by atoms with Crippen LogP contribution in [0.2, 0.25) is 0 Å². The van der Waals surface area contributed by atoms with Crippen molar-refractivity contribution < 1.29 is 23.3 Å². The van der Waals surface area contributed by atoms with Gasteiger partial charge in [-0.3, -0.25) is 19.1 Å². The highest BCUT2D eigenvalue weighted by atomic mass is 31.2. The van der Waals surface area contributed by atoms with Crippen molar-refractivity contribution in [2.45, 2.75) is 77.4 Å². The van der Waals surface area contributed by atoms with E-state index in [1.807, 2.05) is 18.2 Å². The summed E-state index contributed by atoms with van der Waals surface area (Å²) in [7, 11) is -1.79. The summed E-state index contributed by atoms with van der Waals surface area (Å²) in [6.07, 6.45) is 9.54. The number of terminal acetylenes is 1. The molecule has 3 rings (SSSR count). The summed E-state index contributed by atoms with van der Waals surface area (Å²) in [5.41, 5.74) is -1.09. The molecule has 1 saturated carbocycles. The number of aromatic nitrogens is 2. The predicted molar refractivity (Wildman–Crippen MR) is 144 cm³/mol. The number of H-pyrrole nitrogens is 1. The summed E-state index contributed by atoms with van der Waals surface area (Å²) in [5, 5.41) is 3.11.